The van der Waals surface area contributed by atoms with Gasteiger partial charge in [0.05, 0.1) is 0 Å². The number of anilines is 2. The number of carboxylic acid groups (broad SMARTS) is 1. The standard InChI is InChI=1S/C12H14N6O2/c13-12-15-9(17-5-1-3-8(17)11(19)20)7-10(16-12)18-6-2-4-14-18/h2,4,6-8H,1,3,5H2,(H,19,20)(H2,13,15,16)/t8-/m1/s1. The van der Waals surface area contributed by atoms with E-state index in [-0.39, 0.29) is 5.95 Å². The lowest BCUT2D eigenvalue weighted by Gasteiger charge is -2.22. The summed E-state index contributed by atoms with van der Waals surface area (Å²) in [5.74, 6) is 0.297. The van der Waals surface area contributed by atoms with E-state index in [1.165, 1.54) is 0 Å². The van der Waals surface area contributed by atoms with E-state index in [2.05, 4.69) is 15.1 Å². The number of rotatable bonds is 3. The van der Waals surface area contributed by atoms with E-state index >= 15 is 0 Å². The molecule has 8 nitrogen and oxygen atoms in total. The fourth-order valence-electron chi connectivity index (χ4n) is 2.41. The van der Waals surface area contributed by atoms with Gasteiger partial charge >= 0.3 is 5.97 Å². The quantitative estimate of drug-likeness (QED) is 0.828. The number of hydrogen-bond acceptors (Lipinski definition) is 6. The minimum absolute atomic E-state index is 0.101. The van der Waals surface area contributed by atoms with Gasteiger partial charge in [0, 0.05) is 25.0 Å². The van der Waals surface area contributed by atoms with Crippen molar-refractivity contribution < 1.29 is 9.90 Å². The molecule has 0 spiro atoms. The molecule has 1 atom stereocenters. The highest BCUT2D eigenvalue weighted by atomic mass is 16.4. The van der Waals surface area contributed by atoms with E-state index in [4.69, 9.17) is 5.73 Å². The fourth-order valence-corrected chi connectivity index (χ4v) is 2.41. The topological polar surface area (TPSA) is 110 Å². The molecule has 20 heavy (non-hydrogen) atoms. The minimum atomic E-state index is -0.847. The molecule has 8 heteroatoms. The molecule has 3 N–H and O–H groups in total. The van der Waals surface area contributed by atoms with E-state index in [9.17, 15) is 9.90 Å². The first-order chi connectivity index (χ1) is 9.65. The highest BCUT2D eigenvalue weighted by Crippen LogP contribution is 2.25. The van der Waals surface area contributed by atoms with Gasteiger partial charge in [-0.3, -0.25) is 0 Å². The van der Waals surface area contributed by atoms with Gasteiger partial charge in [0.1, 0.15) is 11.9 Å². The van der Waals surface area contributed by atoms with Crippen molar-refractivity contribution in [2.45, 2.75) is 18.9 Å². The van der Waals surface area contributed by atoms with E-state index in [1.54, 1.807) is 34.1 Å². The molecule has 1 aliphatic heterocycles. The van der Waals surface area contributed by atoms with Gasteiger partial charge in [-0.15, -0.1) is 0 Å². The average molecular weight is 274 g/mol. The summed E-state index contributed by atoms with van der Waals surface area (Å²) in [4.78, 5) is 21.3. The van der Waals surface area contributed by atoms with Crippen molar-refractivity contribution in [3.63, 3.8) is 0 Å². The van der Waals surface area contributed by atoms with Gasteiger partial charge < -0.3 is 15.7 Å². The maximum atomic E-state index is 11.2. The van der Waals surface area contributed by atoms with Crippen LogP contribution in [0.2, 0.25) is 0 Å². The van der Waals surface area contributed by atoms with Gasteiger partial charge in [-0.25, -0.2) is 9.48 Å². The molecular formula is C12H14N6O2. The smallest absolute Gasteiger partial charge is 0.326 e. The molecule has 0 unspecified atom stereocenters. The van der Waals surface area contributed by atoms with Crippen LogP contribution in [0.25, 0.3) is 5.82 Å². The first-order valence-electron chi connectivity index (χ1n) is 6.29. The number of hydrogen-bond donors (Lipinski definition) is 2. The van der Waals surface area contributed by atoms with E-state index in [0.29, 0.717) is 24.6 Å². The number of carbonyl (C=O) groups is 1. The molecule has 0 bridgehead atoms. The molecule has 3 heterocycles. The Labute approximate surface area is 114 Å². The summed E-state index contributed by atoms with van der Waals surface area (Å²) in [6.07, 6.45) is 4.80. The summed E-state index contributed by atoms with van der Waals surface area (Å²) in [5, 5.41) is 13.3. The predicted molar refractivity (Wildman–Crippen MR) is 71.6 cm³/mol. The van der Waals surface area contributed by atoms with Crippen LogP contribution in [0.15, 0.2) is 24.5 Å². The lowest BCUT2D eigenvalue weighted by molar-refractivity contribution is -0.138. The van der Waals surface area contributed by atoms with Crippen LogP contribution >= 0.6 is 0 Å². The summed E-state index contributed by atoms with van der Waals surface area (Å²) < 4.78 is 1.56. The number of aliphatic carboxylic acids is 1. The Morgan fingerprint density at radius 3 is 2.90 bits per heavy atom. The van der Waals surface area contributed by atoms with E-state index in [0.717, 1.165) is 6.42 Å². The molecule has 1 aliphatic rings. The van der Waals surface area contributed by atoms with Crippen molar-refractivity contribution in [1.29, 1.82) is 0 Å². The maximum Gasteiger partial charge on any atom is 0.326 e. The van der Waals surface area contributed by atoms with Crippen LogP contribution < -0.4 is 10.6 Å². The Morgan fingerprint density at radius 2 is 2.20 bits per heavy atom. The fraction of sp³-hybridized carbons (Fsp3) is 0.333. The Kier molecular flexibility index (Phi) is 2.97. The highest BCUT2D eigenvalue weighted by molar-refractivity contribution is 5.78. The van der Waals surface area contributed by atoms with Crippen LogP contribution in [0.3, 0.4) is 0 Å². The monoisotopic (exact) mass is 274 g/mol. The van der Waals surface area contributed by atoms with Crippen LogP contribution in [-0.4, -0.2) is 43.4 Å². The third-order valence-corrected chi connectivity index (χ3v) is 3.29. The predicted octanol–water partition coefficient (Wildman–Crippen LogP) is 0.298. The number of nitrogens with zero attached hydrogens (tertiary/aromatic N) is 5. The molecular weight excluding hydrogens is 260 g/mol. The molecule has 3 rings (SSSR count). The molecule has 0 radical (unpaired) electrons. The summed E-state index contributed by atoms with van der Waals surface area (Å²) in [6, 6.07) is 2.91. The highest BCUT2D eigenvalue weighted by Gasteiger charge is 2.31. The second kappa shape index (κ2) is 4.80. The van der Waals surface area contributed by atoms with Crippen LogP contribution in [-0.2, 0) is 4.79 Å². The van der Waals surface area contributed by atoms with Gasteiger partial charge in [-0.2, -0.15) is 15.1 Å². The normalized spacial score (nSPS) is 18.4. The van der Waals surface area contributed by atoms with Gasteiger partial charge in [-0.05, 0) is 18.9 Å². The van der Waals surface area contributed by atoms with Crippen LogP contribution in [0, 0.1) is 0 Å². The molecule has 104 valence electrons. The number of nitrogen functional groups attached to an aromatic ring is 1. The van der Waals surface area contributed by atoms with Crippen LogP contribution in [0.1, 0.15) is 12.8 Å². The lowest BCUT2D eigenvalue weighted by Crippen LogP contribution is -2.36. The molecule has 0 amide bonds. The second-order valence-corrected chi connectivity index (χ2v) is 4.58. The van der Waals surface area contributed by atoms with Gasteiger partial charge in [-0.1, -0.05) is 0 Å². The molecule has 0 aliphatic carbocycles. The SMILES string of the molecule is Nc1nc(N2CCC[C@@H]2C(=O)O)cc(-n2cccn2)n1. The third-order valence-electron chi connectivity index (χ3n) is 3.29. The van der Waals surface area contributed by atoms with E-state index < -0.39 is 12.0 Å². The zero-order valence-electron chi connectivity index (χ0n) is 10.7. The zero-order chi connectivity index (χ0) is 14.1. The van der Waals surface area contributed by atoms with Crippen molar-refractivity contribution in [1.82, 2.24) is 19.7 Å². The van der Waals surface area contributed by atoms with Gasteiger partial charge in [0.15, 0.2) is 5.82 Å². The molecule has 1 fully saturated rings. The third kappa shape index (κ3) is 2.15. The summed E-state index contributed by atoms with van der Waals surface area (Å²) in [5.41, 5.74) is 5.72. The second-order valence-electron chi connectivity index (χ2n) is 4.58. The average Bonchev–Trinajstić information content (AvgIpc) is 3.09. The molecule has 1 saturated heterocycles. The van der Waals surface area contributed by atoms with Crippen molar-refractivity contribution in [3.8, 4) is 5.82 Å². The van der Waals surface area contributed by atoms with Crippen molar-refractivity contribution in [2.24, 2.45) is 0 Å². The molecule has 0 saturated carbocycles. The first kappa shape index (κ1) is 12.4. The van der Waals surface area contributed by atoms with Crippen molar-refractivity contribution in [2.75, 3.05) is 17.2 Å². The Hall–Kier alpha value is -2.64. The lowest BCUT2D eigenvalue weighted by atomic mass is 10.2. The maximum absolute atomic E-state index is 11.2. The Morgan fingerprint density at radius 1 is 1.40 bits per heavy atom. The molecule has 2 aromatic heterocycles. The molecule has 0 aromatic carbocycles. The van der Waals surface area contributed by atoms with Crippen molar-refractivity contribution >= 4 is 17.7 Å². The first-order valence-corrected chi connectivity index (χ1v) is 6.29. The Balaban J connectivity index is 2.00. The number of carboxylic acids is 1. The van der Waals surface area contributed by atoms with Crippen molar-refractivity contribution in [3.05, 3.63) is 24.5 Å². The number of nitrogens with two attached hydrogens (primary N) is 1. The number of aromatic nitrogens is 4. The van der Waals surface area contributed by atoms with Crippen LogP contribution in [0.5, 0.6) is 0 Å². The largest absolute Gasteiger partial charge is 0.480 e. The van der Waals surface area contributed by atoms with Gasteiger partial charge in [0.25, 0.3) is 0 Å². The minimum Gasteiger partial charge on any atom is -0.480 e. The summed E-state index contributed by atoms with van der Waals surface area (Å²) >= 11 is 0. The van der Waals surface area contributed by atoms with E-state index in [1.807, 2.05) is 0 Å². The Bertz CT molecular complexity index is 627. The zero-order valence-corrected chi connectivity index (χ0v) is 10.7. The summed E-state index contributed by atoms with van der Waals surface area (Å²) in [7, 11) is 0. The molecule has 2 aromatic rings. The summed E-state index contributed by atoms with van der Waals surface area (Å²) in [6.45, 7) is 0.645. The van der Waals surface area contributed by atoms with Crippen LogP contribution in [0.4, 0.5) is 11.8 Å². The van der Waals surface area contributed by atoms with Gasteiger partial charge in [0.2, 0.25) is 5.95 Å².